The monoisotopic (exact) mass is 366 g/mol. The fourth-order valence-corrected chi connectivity index (χ4v) is 3.60. The first kappa shape index (κ1) is 17.3. The van der Waals surface area contributed by atoms with E-state index < -0.39 is 0 Å². The van der Waals surface area contributed by atoms with Crippen LogP contribution in [0.4, 0.5) is 0 Å². The van der Waals surface area contributed by atoms with Crippen LogP contribution in [0.1, 0.15) is 34.9 Å². The number of amides is 1. The van der Waals surface area contributed by atoms with Crippen LogP contribution in [0.2, 0.25) is 0 Å². The molecule has 8 heteroatoms. The molecule has 0 spiro atoms. The van der Waals surface area contributed by atoms with Crippen LogP contribution in [0.25, 0.3) is 5.69 Å². The van der Waals surface area contributed by atoms with Crippen LogP contribution in [0.15, 0.2) is 43.0 Å². The van der Waals surface area contributed by atoms with Crippen LogP contribution in [0, 0.1) is 0 Å². The van der Waals surface area contributed by atoms with Gasteiger partial charge in [-0.25, -0.2) is 4.68 Å². The largest absolute Gasteiger partial charge is 0.494 e. The summed E-state index contributed by atoms with van der Waals surface area (Å²) in [5, 5.41) is 12.5. The molecule has 8 nitrogen and oxygen atoms in total. The summed E-state index contributed by atoms with van der Waals surface area (Å²) in [4.78, 5) is 14.9. The average Bonchev–Trinajstić information content (AvgIpc) is 3.36. The third-order valence-corrected chi connectivity index (χ3v) is 4.98. The molecule has 0 radical (unpaired) electrons. The number of hydrogen-bond acceptors (Lipinski definition) is 5. The first-order valence-corrected chi connectivity index (χ1v) is 8.98. The summed E-state index contributed by atoms with van der Waals surface area (Å²) in [5.41, 5.74) is 1.37. The number of rotatable bonds is 4. The zero-order valence-corrected chi connectivity index (χ0v) is 15.4. The normalized spacial score (nSPS) is 17.1. The molecule has 1 aliphatic rings. The number of piperidine rings is 1. The second-order valence-electron chi connectivity index (χ2n) is 6.74. The van der Waals surface area contributed by atoms with Gasteiger partial charge in [-0.3, -0.25) is 4.79 Å². The maximum absolute atomic E-state index is 13.0. The molecule has 1 saturated heterocycles. The maximum atomic E-state index is 13.0. The quantitative estimate of drug-likeness (QED) is 0.706. The summed E-state index contributed by atoms with van der Waals surface area (Å²) in [6.07, 6.45) is 7.03. The summed E-state index contributed by atoms with van der Waals surface area (Å²) in [7, 11) is 3.56. The van der Waals surface area contributed by atoms with Gasteiger partial charge >= 0.3 is 0 Å². The van der Waals surface area contributed by atoms with Crippen LogP contribution < -0.4 is 4.74 Å². The molecule has 27 heavy (non-hydrogen) atoms. The Hall–Kier alpha value is -3.16. The minimum absolute atomic E-state index is 0.0111. The summed E-state index contributed by atoms with van der Waals surface area (Å²) in [6.45, 7) is 1.39. The lowest BCUT2D eigenvalue weighted by atomic mass is 9.97. The third kappa shape index (κ3) is 3.30. The molecule has 1 atom stereocenters. The smallest absolute Gasteiger partial charge is 0.257 e. The van der Waals surface area contributed by atoms with E-state index in [0.717, 1.165) is 30.9 Å². The van der Waals surface area contributed by atoms with Crippen molar-refractivity contribution in [2.24, 2.45) is 7.05 Å². The molecule has 1 aliphatic heterocycles. The van der Waals surface area contributed by atoms with Crippen LogP contribution in [-0.2, 0) is 7.05 Å². The summed E-state index contributed by atoms with van der Waals surface area (Å²) in [5.74, 6) is 1.83. The van der Waals surface area contributed by atoms with E-state index in [4.69, 9.17) is 4.74 Å². The van der Waals surface area contributed by atoms with Gasteiger partial charge in [0.25, 0.3) is 5.91 Å². The van der Waals surface area contributed by atoms with E-state index in [-0.39, 0.29) is 11.8 Å². The number of carbonyl (C=O) groups is 1. The number of benzene rings is 1. The van der Waals surface area contributed by atoms with Gasteiger partial charge in [0.15, 0.2) is 0 Å². The van der Waals surface area contributed by atoms with E-state index >= 15 is 0 Å². The number of para-hydroxylation sites is 2. The summed E-state index contributed by atoms with van der Waals surface area (Å²) >= 11 is 0. The predicted octanol–water partition coefficient (Wildman–Crippen LogP) is 2.03. The minimum Gasteiger partial charge on any atom is -0.494 e. The first-order valence-electron chi connectivity index (χ1n) is 8.98. The lowest BCUT2D eigenvalue weighted by Crippen LogP contribution is -2.39. The molecule has 1 amide bonds. The van der Waals surface area contributed by atoms with Crippen molar-refractivity contribution in [2.75, 3.05) is 20.2 Å². The SMILES string of the molecule is COc1ccccc1-n1cc(C(=O)N2CCC[C@@H](c3nncn3C)C2)cn1. The fraction of sp³-hybridized carbons (Fsp3) is 0.368. The molecule has 2 aromatic heterocycles. The molecule has 0 saturated carbocycles. The highest BCUT2D eigenvalue weighted by atomic mass is 16.5. The Balaban J connectivity index is 1.53. The molecular weight excluding hydrogens is 344 g/mol. The Morgan fingerprint density at radius 3 is 2.93 bits per heavy atom. The number of hydrogen-bond donors (Lipinski definition) is 0. The number of carbonyl (C=O) groups excluding carboxylic acids is 1. The van der Waals surface area contributed by atoms with Crippen molar-refractivity contribution in [3.63, 3.8) is 0 Å². The first-order chi connectivity index (χ1) is 13.2. The summed E-state index contributed by atoms with van der Waals surface area (Å²) in [6, 6.07) is 7.59. The number of likely N-dealkylation sites (tertiary alicyclic amines) is 1. The van der Waals surface area contributed by atoms with Gasteiger partial charge in [0, 0.05) is 32.3 Å². The molecule has 140 valence electrons. The maximum Gasteiger partial charge on any atom is 0.257 e. The van der Waals surface area contributed by atoms with E-state index in [1.807, 2.05) is 40.8 Å². The van der Waals surface area contributed by atoms with Gasteiger partial charge in [-0.05, 0) is 25.0 Å². The minimum atomic E-state index is -0.0111. The topological polar surface area (TPSA) is 78.1 Å². The molecule has 0 N–H and O–H groups in total. The highest BCUT2D eigenvalue weighted by Gasteiger charge is 2.28. The molecule has 1 fully saturated rings. The van der Waals surface area contributed by atoms with Crippen molar-refractivity contribution >= 4 is 5.91 Å². The van der Waals surface area contributed by atoms with Crippen LogP contribution >= 0.6 is 0 Å². The van der Waals surface area contributed by atoms with Crippen molar-refractivity contribution < 1.29 is 9.53 Å². The standard InChI is InChI=1S/C19H22N6O2/c1-23-13-20-22-18(23)14-6-5-9-24(11-14)19(26)15-10-21-25(12-15)16-7-3-4-8-17(16)27-2/h3-4,7-8,10,12-14H,5-6,9,11H2,1-2H3/t14-/m1/s1. The highest BCUT2D eigenvalue weighted by Crippen LogP contribution is 2.27. The van der Waals surface area contributed by atoms with Gasteiger partial charge in [-0.2, -0.15) is 5.10 Å². The van der Waals surface area contributed by atoms with Crippen molar-refractivity contribution in [3.05, 3.63) is 54.4 Å². The summed E-state index contributed by atoms with van der Waals surface area (Å²) < 4.78 is 8.99. The molecule has 3 aromatic rings. The van der Waals surface area contributed by atoms with Gasteiger partial charge in [0.05, 0.1) is 18.9 Å². The zero-order valence-electron chi connectivity index (χ0n) is 15.4. The van der Waals surface area contributed by atoms with Crippen LogP contribution in [0.5, 0.6) is 5.75 Å². The van der Waals surface area contributed by atoms with E-state index in [9.17, 15) is 4.79 Å². The number of methoxy groups -OCH3 is 1. The van der Waals surface area contributed by atoms with Crippen LogP contribution in [-0.4, -0.2) is 55.6 Å². The Morgan fingerprint density at radius 1 is 1.30 bits per heavy atom. The molecular formula is C19H22N6O2. The predicted molar refractivity (Wildman–Crippen MR) is 99.0 cm³/mol. The van der Waals surface area contributed by atoms with Gasteiger partial charge in [0.1, 0.15) is 23.6 Å². The Kier molecular flexibility index (Phi) is 4.62. The molecule has 4 rings (SSSR count). The van der Waals surface area contributed by atoms with E-state index in [1.54, 1.807) is 30.5 Å². The second-order valence-corrected chi connectivity index (χ2v) is 6.74. The fourth-order valence-electron chi connectivity index (χ4n) is 3.60. The number of ether oxygens (including phenoxy) is 1. The Bertz CT molecular complexity index is 947. The highest BCUT2D eigenvalue weighted by molar-refractivity contribution is 5.94. The molecule has 0 aliphatic carbocycles. The van der Waals surface area contributed by atoms with Crippen molar-refractivity contribution in [1.29, 1.82) is 0 Å². The Labute approximate surface area is 157 Å². The van der Waals surface area contributed by atoms with Crippen molar-refractivity contribution in [2.45, 2.75) is 18.8 Å². The molecule has 3 heterocycles. The van der Waals surface area contributed by atoms with Crippen molar-refractivity contribution in [1.82, 2.24) is 29.4 Å². The van der Waals surface area contributed by atoms with Gasteiger partial charge < -0.3 is 14.2 Å². The third-order valence-electron chi connectivity index (χ3n) is 4.98. The van der Waals surface area contributed by atoms with E-state index in [2.05, 4.69) is 15.3 Å². The van der Waals surface area contributed by atoms with E-state index in [1.165, 1.54) is 0 Å². The van der Waals surface area contributed by atoms with Crippen molar-refractivity contribution in [3.8, 4) is 11.4 Å². The van der Waals surface area contributed by atoms with Crippen LogP contribution in [0.3, 0.4) is 0 Å². The Morgan fingerprint density at radius 2 is 2.15 bits per heavy atom. The molecule has 0 bridgehead atoms. The number of aromatic nitrogens is 5. The lowest BCUT2D eigenvalue weighted by molar-refractivity contribution is 0.0703. The van der Waals surface area contributed by atoms with Gasteiger partial charge in [-0.1, -0.05) is 12.1 Å². The van der Waals surface area contributed by atoms with Gasteiger partial charge in [0.2, 0.25) is 0 Å². The molecule has 1 aromatic carbocycles. The lowest BCUT2D eigenvalue weighted by Gasteiger charge is -2.31. The average molecular weight is 366 g/mol. The second kappa shape index (κ2) is 7.22. The van der Waals surface area contributed by atoms with Gasteiger partial charge in [-0.15, -0.1) is 10.2 Å². The molecule has 0 unspecified atom stereocenters. The van der Waals surface area contributed by atoms with E-state index in [0.29, 0.717) is 17.9 Å². The number of nitrogens with zero attached hydrogens (tertiary/aromatic N) is 6. The zero-order chi connectivity index (χ0) is 18.8. The number of aryl methyl sites for hydroxylation is 1.